The van der Waals surface area contributed by atoms with Crippen LogP contribution in [0.5, 0.6) is 0 Å². The molecule has 6 nitrogen and oxygen atoms in total. The molecule has 0 N–H and O–H groups in total. The molecule has 2 aromatic rings. The number of amides is 2. The van der Waals surface area contributed by atoms with E-state index in [-0.39, 0.29) is 29.6 Å². The first-order chi connectivity index (χ1) is 16.1. The van der Waals surface area contributed by atoms with Crippen LogP contribution in [0, 0.1) is 35.5 Å². The summed E-state index contributed by atoms with van der Waals surface area (Å²) in [4.78, 5) is 32.6. The minimum atomic E-state index is -0.00316. The van der Waals surface area contributed by atoms with Gasteiger partial charge in [0.2, 0.25) is 11.8 Å². The highest BCUT2D eigenvalue weighted by atomic mass is 32.1. The minimum absolute atomic E-state index is 0.00316. The van der Waals surface area contributed by atoms with Gasteiger partial charge in [-0.1, -0.05) is 24.3 Å². The molecule has 1 aromatic carbocycles. The molecule has 33 heavy (non-hydrogen) atoms. The fourth-order valence-electron chi connectivity index (χ4n) is 7.30. The second-order valence-electron chi connectivity index (χ2n) is 10.7. The number of likely N-dealkylation sites (tertiary alicyclic amines) is 1. The molecule has 2 saturated heterocycles. The molecule has 4 unspecified atom stereocenters. The Balaban J connectivity index is 0.955. The van der Waals surface area contributed by atoms with Crippen molar-refractivity contribution in [3.8, 4) is 0 Å². The Labute approximate surface area is 198 Å². The van der Waals surface area contributed by atoms with Crippen LogP contribution in [0.25, 0.3) is 10.1 Å². The van der Waals surface area contributed by atoms with Gasteiger partial charge >= 0.3 is 0 Å². The summed E-state index contributed by atoms with van der Waals surface area (Å²) in [5.74, 6) is 2.99. The molecule has 3 heterocycles. The van der Waals surface area contributed by atoms with Gasteiger partial charge in [-0.2, -0.15) is 4.37 Å². The Hall–Kier alpha value is -2.25. The summed E-state index contributed by atoms with van der Waals surface area (Å²) in [5, 5.41) is 1.25. The van der Waals surface area contributed by atoms with Crippen molar-refractivity contribution in [3.05, 3.63) is 36.4 Å². The maximum Gasteiger partial charge on any atom is 0.233 e. The van der Waals surface area contributed by atoms with E-state index in [0.29, 0.717) is 24.3 Å². The van der Waals surface area contributed by atoms with Gasteiger partial charge in [-0.05, 0) is 54.8 Å². The van der Waals surface area contributed by atoms with Crippen LogP contribution in [-0.4, -0.2) is 65.3 Å². The fourth-order valence-corrected chi connectivity index (χ4v) is 8.10. The maximum absolute atomic E-state index is 13.1. The van der Waals surface area contributed by atoms with Crippen molar-refractivity contribution in [2.45, 2.75) is 19.3 Å². The average Bonchev–Trinajstić information content (AvgIpc) is 3.36. The summed E-state index contributed by atoms with van der Waals surface area (Å²) >= 11 is 1.58. The summed E-state index contributed by atoms with van der Waals surface area (Å²) in [5.41, 5.74) is 1.23. The molecule has 5 fully saturated rings. The minimum Gasteiger partial charge on any atom is -0.353 e. The summed E-state index contributed by atoms with van der Waals surface area (Å²) < 4.78 is 5.96. The number of rotatable bonds is 5. The highest BCUT2D eigenvalue weighted by Gasteiger charge is 2.61. The Morgan fingerprint density at radius 2 is 1.61 bits per heavy atom. The number of carbonyl (C=O) groups excluding carboxylic acids is 2. The second-order valence-corrected chi connectivity index (χ2v) is 11.6. The molecule has 1 aromatic heterocycles. The third kappa shape index (κ3) is 3.04. The monoisotopic (exact) mass is 462 g/mol. The first-order valence-electron chi connectivity index (χ1n) is 12.5. The third-order valence-electron chi connectivity index (χ3n) is 9.21. The number of fused-ring (bicyclic) bond motifs is 6. The number of benzene rings is 1. The molecule has 7 rings (SSSR count). The van der Waals surface area contributed by atoms with Gasteiger partial charge in [-0.3, -0.25) is 19.4 Å². The van der Waals surface area contributed by atoms with Crippen LogP contribution in [0.15, 0.2) is 36.4 Å². The zero-order valence-electron chi connectivity index (χ0n) is 18.9. The lowest BCUT2D eigenvalue weighted by Crippen LogP contribution is -2.47. The number of anilines is 1. The lowest BCUT2D eigenvalue weighted by atomic mass is 9.81. The summed E-state index contributed by atoms with van der Waals surface area (Å²) in [6.07, 6.45) is 3.38. The normalized spacial score (nSPS) is 35.8. The van der Waals surface area contributed by atoms with E-state index >= 15 is 0 Å². The van der Waals surface area contributed by atoms with Crippen LogP contribution in [0.1, 0.15) is 19.3 Å². The molecule has 172 valence electrons. The summed E-state index contributed by atoms with van der Waals surface area (Å²) in [6, 6.07) is 8.46. The molecule has 0 spiro atoms. The summed E-state index contributed by atoms with van der Waals surface area (Å²) in [6.45, 7) is 9.83. The zero-order valence-corrected chi connectivity index (χ0v) is 19.7. The van der Waals surface area contributed by atoms with Crippen LogP contribution in [0.3, 0.4) is 0 Å². The topological polar surface area (TPSA) is 56.8 Å². The van der Waals surface area contributed by atoms with Gasteiger partial charge in [0, 0.05) is 56.5 Å². The molecular weight excluding hydrogens is 432 g/mol. The molecule has 7 heteroatoms. The first kappa shape index (κ1) is 20.2. The van der Waals surface area contributed by atoms with Crippen molar-refractivity contribution in [1.29, 1.82) is 0 Å². The number of aromatic nitrogens is 1. The molecule has 2 aliphatic heterocycles. The number of hydrogen-bond donors (Lipinski definition) is 0. The molecule has 6 atom stereocenters. The SMILES string of the molecule is C=C1[C@H](CN2CCN(c3nsc4ccccc34)CC2)[C@H]1CN1C(=O)C2C3CCC(C3)C2C1=O. The molecule has 2 bridgehead atoms. The van der Waals surface area contributed by atoms with Crippen molar-refractivity contribution >= 4 is 39.3 Å². The molecule has 3 saturated carbocycles. The number of piperazine rings is 1. The van der Waals surface area contributed by atoms with Crippen LogP contribution >= 0.6 is 11.5 Å². The van der Waals surface area contributed by atoms with E-state index in [1.807, 2.05) is 0 Å². The Morgan fingerprint density at radius 3 is 2.33 bits per heavy atom. The van der Waals surface area contributed by atoms with Crippen LogP contribution < -0.4 is 4.90 Å². The smallest absolute Gasteiger partial charge is 0.233 e. The zero-order chi connectivity index (χ0) is 22.3. The van der Waals surface area contributed by atoms with Crippen molar-refractivity contribution in [2.24, 2.45) is 35.5 Å². The van der Waals surface area contributed by atoms with Crippen molar-refractivity contribution in [1.82, 2.24) is 14.2 Å². The first-order valence-corrected chi connectivity index (χ1v) is 13.2. The van der Waals surface area contributed by atoms with E-state index < -0.39 is 0 Å². The van der Waals surface area contributed by atoms with E-state index in [4.69, 9.17) is 4.37 Å². The van der Waals surface area contributed by atoms with E-state index in [1.54, 1.807) is 16.4 Å². The van der Waals surface area contributed by atoms with Crippen molar-refractivity contribution < 1.29 is 9.59 Å². The standard InChI is InChI=1S/C26H30N4O2S/c1-15-19(20(15)14-30-25(31)22-16-6-7-17(12-16)23(22)26(30)32)13-28-8-10-29(11-9-28)24-18-4-2-3-5-21(18)33-27-24/h2-5,16-17,19-20,22-23H,1,6-14H2/t16?,17?,19-,20-,22?,23?/m0/s1. The predicted molar refractivity (Wildman–Crippen MR) is 129 cm³/mol. The lowest BCUT2D eigenvalue weighted by molar-refractivity contribution is -0.141. The van der Waals surface area contributed by atoms with Crippen molar-refractivity contribution in [3.63, 3.8) is 0 Å². The van der Waals surface area contributed by atoms with Gasteiger partial charge in [-0.15, -0.1) is 0 Å². The number of carbonyl (C=O) groups is 2. The molecular formula is C26H30N4O2S. The van der Waals surface area contributed by atoms with Gasteiger partial charge < -0.3 is 4.90 Å². The highest BCUT2D eigenvalue weighted by Crippen LogP contribution is 2.57. The van der Waals surface area contributed by atoms with E-state index in [9.17, 15) is 9.59 Å². The Kier molecular flexibility index (Phi) is 4.50. The quantitative estimate of drug-likeness (QED) is 0.504. The number of imide groups is 1. The molecule has 0 radical (unpaired) electrons. The average molecular weight is 463 g/mol. The van der Waals surface area contributed by atoms with Gasteiger partial charge in [0.1, 0.15) is 5.82 Å². The summed E-state index contributed by atoms with van der Waals surface area (Å²) in [7, 11) is 0. The van der Waals surface area contributed by atoms with Crippen LogP contribution in [-0.2, 0) is 9.59 Å². The highest BCUT2D eigenvalue weighted by molar-refractivity contribution is 7.13. The van der Waals surface area contributed by atoms with E-state index in [0.717, 1.165) is 57.8 Å². The Morgan fingerprint density at radius 1 is 0.939 bits per heavy atom. The van der Waals surface area contributed by atoms with Gasteiger partial charge in [-0.25, -0.2) is 0 Å². The Bertz CT molecular complexity index is 1120. The maximum atomic E-state index is 13.1. The van der Waals surface area contributed by atoms with Gasteiger partial charge in [0.15, 0.2) is 0 Å². The largest absolute Gasteiger partial charge is 0.353 e. The predicted octanol–water partition coefficient (Wildman–Crippen LogP) is 3.25. The van der Waals surface area contributed by atoms with Gasteiger partial charge in [0.05, 0.1) is 16.5 Å². The van der Waals surface area contributed by atoms with Crippen LogP contribution in [0.4, 0.5) is 5.82 Å². The lowest BCUT2D eigenvalue weighted by Gasteiger charge is -2.35. The third-order valence-corrected chi connectivity index (χ3v) is 10.0. The molecule has 5 aliphatic rings. The van der Waals surface area contributed by atoms with Gasteiger partial charge in [0.25, 0.3) is 0 Å². The molecule has 2 amide bonds. The van der Waals surface area contributed by atoms with E-state index in [1.165, 1.54) is 15.7 Å². The number of hydrogen-bond acceptors (Lipinski definition) is 6. The second kappa shape index (κ2) is 7.37. The number of nitrogens with zero attached hydrogens (tertiary/aromatic N) is 4. The molecule has 3 aliphatic carbocycles. The van der Waals surface area contributed by atoms with Crippen LogP contribution in [0.2, 0.25) is 0 Å². The van der Waals surface area contributed by atoms with Crippen molar-refractivity contribution in [2.75, 3.05) is 44.2 Å². The van der Waals surface area contributed by atoms with E-state index in [2.05, 4.69) is 40.6 Å². The fraction of sp³-hybridized carbons (Fsp3) is 0.577.